The van der Waals surface area contributed by atoms with Gasteiger partial charge in [-0.1, -0.05) is 17.1 Å². The van der Waals surface area contributed by atoms with E-state index in [1.165, 1.54) is 22.3 Å². The Morgan fingerprint density at radius 2 is 1.63 bits per heavy atom. The molecule has 10 heteroatoms. The minimum atomic E-state index is -4.94. The summed E-state index contributed by atoms with van der Waals surface area (Å²) in [6.45, 7) is 0. The maximum Gasteiger partial charge on any atom is 0.320 e. The number of ether oxygens (including phenoxy) is 1. The number of fused-ring (bicyclic) bond motifs is 1. The van der Waals surface area contributed by atoms with Gasteiger partial charge in [0.1, 0.15) is 23.5 Å². The van der Waals surface area contributed by atoms with Crippen molar-refractivity contribution in [2.75, 3.05) is 5.32 Å². The summed E-state index contributed by atoms with van der Waals surface area (Å²) in [5.74, 6) is 3.70. The molecule has 9 nitrogen and oxygen atoms in total. The second-order valence-corrected chi connectivity index (χ2v) is 8.85. The van der Waals surface area contributed by atoms with Crippen LogP contribution in [0.1, 0.15) is 38.5 Å². The van der Waals surface area contributed by atoms with Crippen molar-refractivity contribution < 1.29 is 38.6 Å². The van der Waals surface area contributed by atoms with Gasteiger partial charge in [0.25, 0.3) is 0 Å². The van der Waals surface area contributed by atoms with Crippen LogP contribution in [0.4, 0.5) is 11.6 Å². The number of aromatic nitrogens is 2. The molecule has 0 saturated carbocycles. The van der Waals surface area contributed by atoms with E-state index in [1.807, 2.05) is 36.4 Å². The first-order chi connectivity index (χ1) is 16.9. The Hall–Kier alpha value is -3.34. The van der Waals surface area contributed by atoms with Crippen molar-refractivity contribution in [1.29, 1.82) is 0 Å². The molecule has 0 spiro atoms. The highest BCUT2D eigenvalue weighted by Gasteiger charge is 2.29. The van der Waals surface area contributed by atoms with Gasteiger partial charge >= 0.3 is 5.82 Å². The third-order valence-corrected chi connectivity index (χ3v) is 5.62. The molecular weight excluding hydrogens is 472 g/mol. The predicted molar refractivity (Wildman–Crippen MR) is 118 cm³/mol. The molecule has 0 amide bonds. The Kier molecular flexibility index (Phi) is 8.06. The Morgan fingerprint density at radius 3 is 2.34 bits per heavy atom. The van der Waals surface area contributed by atoms with E-state index in [0.717, 1.165) is 61.7 Å². The van der Waals surface area contributed by atoms with Crippen LogP contribution in [-0.2, 0) is 4.74 Å². The van der Waals surface area contributed by atoms with E-state index in [-0.39, 0.29) is 0 Å². The van der Waals surface area contributed by atoms with Crippen molar-refractivity contribution in [1.82, 2.24) is 9.97 Å². The Labute approximate surface area is 205 Å². The Morgan fingerprint density at radius 1 is 0.886 bits per heavy atom. The maximum absolute atomic E-state index is 8.49. The molecule has 35 heavy (non-hydrogen) atoms. The largest absolute Gasteiger partial charge is 0.456 e. The zero-order chi connectivity index (χ0) is 24.7. The van der Waals surface area contributed by atoms with Crippen LogP contribution in [0, 0.1) is 10.2 Å². The normalized spacial score (nSPS) is 18.9. The molecule has 0 bridgehead atoms. The van der Waals surface area contributed by atoms with Crippen molar-refractivity contribution in [3.63, 3.8) is 0 Å². The highest BCUT2D eigenvalue weighted by Crippen LogP contribution is 2.42. The number of halogens is 1. The molecule has 3 heterocycles. The van der Waals surface area contributed by atoms with Crippen LogP contribution >= 0.6 is 0 Å². The van der Waals surface area contributed by atoms with Gasteiger partial charge in [-0.25, -0.2) is 28.6 Å². The van der Waals surface area contributed by atoms with Crippen molar-refractivity contribution >= 4 is 17.9 Å². The molecule has 182 valence electrons. The number of hydrogen-bond acceptors (Lipinski definition) is 8. The van der Waals surface area contributed by atoms with Gasteiger partial charge < -0.3 is 10.1 Å². The molecule has 0 atom stereocenters. The first-order valence-electron chi connectivity index (χ1n) is 11.2. The predicted octanol–water partition coefficient (Wildman–Crippen LogP) is -0.668. The summed E-state index contributed by atoms with van der Waals surface area (Å²) < 4.78 is 40.5. The average molecular weight is 497 g/mol. The van der Waals surface area contributed by atoms with Crippen LogP contribution in [0.5, 0.6) is 0 Å². The molecule has 0 unspecified atom stereocenters. The summed E-state index contributed by atoms with van der Waals surface area (Å²) >= 11 is 0. The quantitative estimate of drug-likeness (QED) is 0.528. The minimum Gasteiger partial charge on any atom is -0.456 e. The molecule has 0 aromatic carbocycles. The van der Waals surface area contributed by atoms with E-state index in [9.17, 15) is 0 Å². The lowest BCUT2D eigenvalue weighted by atomic mass is 9.86. The summed E-state index contributed by atoms with van der Waals surface area (Å²) in [6.07, 6.45) is 16.5. The second kappa shape index (κ2) is 11.4. The summed E-state index contributed by atoms with van der Waals surface area (Å²) in [7, 11) is -4.94. The van der Waals surface area contributed by atoms with E-state index >= 15 is 0 Å². The molecule has 2 aliphatic carbocycles. The molecule has 0 radical (unpaired) electrons. The van der Waals surface area contributed by atoms with Crippen LogP contribution < -0.4 is 28.9 Å². The lowest BCUT2D eigenvalue weighted by molar-refractivity contribution is -2.00. The van der Waals surface area contributed by atoms with E-state index in [2.05, 4.69) is 38.8 Å². The molecule has 0 saturated heterocycles. The third kappa shape index (κ3) is 7.32. The number of hydrogen-bond donors (Lipinski definition) is 2. The van der Waals surface area contributed by atoms with Crippen molar-refractivity contribution in [2.45, 2.75) is 38.5 Å². The summed E-state index contributed by atoms with van der Waals surface area (Å²) in [6, 6.07) is 11.7. The van der Waals surface area contributed by atoms with Crippen LogP contribution in [0.3, 0.4) is 0 Å². The summed E-state index contributed by atoms with van der Waals surface area (Å²) in [5, 5.41) is 3.32. The molecular formula is C25H25ClN4O5. The van der Waals surface area contributed by atoms with Crippen molar-refractivity contribution in [2.24, 2.45) is 0 Å². The highest BCUT2D eigenvalue weighted by atomic mass is 35.7. The number of nitrogens with one attached hydrogen (secondary N) is 2. The topological polar surface area (TPSA) is 153 Å². The third-order valence-electron chi connectivity index (χ3n) is 5.62. The minimum absolute atomic E-state index is 0.843. The fourth-order valence-corrected chi connectivity index (χ4v) is 4.15. The smallest absolute Gasteiger partial charge is 0.320 e. The zero-order valence-electron chi connectivity index (χ0n) is 18.9. The second-order valence-electron chi connectivity index (χ2n) is 8.10. The van der Waals surface area contributed by atoms with Gasteiger partial charge in [0.15, 0.2) is 0 Å². The Balaban J connectivity index is 0.000000527. The fourth-order valence-electron chi connectivity index (χ4n) is 4.15. The van der Waals surface area contributed by atoms with E-state index in [1.54, 1.807) is 12.4 Å². The maximum atomic E-state index is 8.49. The Bertz CT molecular complexity index is 1180. The summed E-state index contributed by atoms with van der Waals surface area (Å²) in [5.41, 5.74) is 5.03. The SMILES string of the molecule is C(=[NH+]c1ccccn1)C1=C2OC3=C(C=C2CCC1)CCCC3=CNc1ccccn1.[O-][Cl+3]([O-])([O-])[O-]. The number of rotatable bonds is 4. The number of nitrogens with zero attached hydrogens (tertiary/aromatic N) is 2. The molecule has 0 fully saturated rings. The van der Waals surface area contributed by atoms with E-state index in [4.69, 9.17) is 23.4 Å². The van der Waals surface area contributed by atoms with Gasteiger partial charge in [0.05, 0.1) is 6.21 Å². The number of anilines is 1. The molecule has 3 aliphatic rings. The number of allylic oxidation sites excluding steroid dienone is 5. The molecule has 5 rings (SSSR count). The first-order valence-corrected chi connectivity index (χ1v) is 12.4. The van der Waals surface area contributed by atoms with Crippen LogP contribution in [0.2, 0.25) is 0 Å². The van der Waals surface area contributed by atoms with Crippen LogP contribution in [0.25, 0.3) is 0 Å². The van der Waals surface area contributed by atoms with Crippen LogP contribution in [0.15, 0.2) is 94.9 Å². The molecule has 1 aliphatic heterocycles. The van der Waals surface area contributed by atoms with Crippen LogP contribution in [-0.4, -0.2) is 16.2 Å². The van der Waals surface area contributed by atoms with E-state index in [0.29, 0.717) is 0 Å². The van der Waals surface area contributed by atoms with Gasteiger partial charge in [0, 0.05) is 29.6 Å². The van der Waals surface area contributed by atoms with Crippen molar-refractivity contribution in [3.8, 4) is 0 Å². The van der Waals surface area contributed by atoms with Gasteiger partial charge in [-0.15, -0.1) is 10.2 Å². The molecule has 2 aromatic rings. The first kappa shape index (κ1) is 24.8. The monoisotopic (exact) mass is 496 g/mol. The van der Waals surface area contributed by atoms with Crippen molar-refractivity contribution in [3.05, 3.63) is 94.9 Å². The number of pyridine rings is 2. The molecule has 2 N–H and O–H groups in total. The van der Waals surface area contributed by atoms with Gasteiger partial charge in [0.2, 0.25) is 0 Å². The zero-order valence-corrected chi connectivity index (χ0v) is 19.7. The highest BCUT2D eigenvalue weighted by molar-refractivity contribution is 5.77. The van der Waals surface area contributed by atoms with E-state index < -0.39 is 10.2 Å². The average Bonchev–Trinajstić information content (AvgIpc) is 2.85. The lowest BCUT2D eigenvalue weighted by Crippen LogP contribution is -2.68. The summed E-state index contributed by atoms with van der Waals surface area (Å²) in [4.78, 5) is 12.0. The standard InChI is InChI=1S/C25H24N4O.ClHO4/c1-3-13-26-22(11-1)28-16-20-9-5-7-18-15-19-8-6-10-21(25(19)30-24(18)20)17-29-23-12-2-4-14-27-23;2-1(3,4)5/h1-4,11-17H,5-10H2,(H,26,28);(H,2,3,4,5). The fraction of sp³-hybridized carbons (Fsp3) is 0.240. The van der Waals surface area contributed by atoms with Gasteiger partial charge in [-0.05, 0) is 73.9 Å². The molecule has 2 aromatic heterocycles. The van der Waals surface area contributed by atoms with Gasteiger partial charge in [-0.3, -0.25) is 0 Å². The van der Waals surface area contributed by atoms with Gasteiger partial charge in [-0.2, -0.15) is 0 Å². The lowest BCUT2D eigenvalue weighted by Gasteiger charge is -2.31.